The number of methoxy groups -OCH3 is 1. The van der Waals surface area contributed by atoms with Crippen LogP contribution in [0.15, 0.2) is 67.0 Å². The second-order valence-electron chi connectivity index (χ2n) is 7.97. The zero-order valence-electron chi connectivity index (χ0n) is 19.7. The first-order valence-corrected chi connectivity index (χ1v) is 11.1. The molecule has 9 nitrogen and oxygen atoms in total. The molecule has 36 heavy (non-hydrogen) atoms. The van der Waals surface area contributed by atoms with E-state index in [0.717, 1.165) is 11.6 Å². The third-order valence-corrected chi connectivity index (χ3v) is 5.62. The van der Waals surface area contributed by atoms with Gasteiger partial charge in [0, 0.05) is 23.7 Å². The number of benzene rings is 3. The quantitative estimate of drug-likeness (QED) is 0.284. The molecule has 0 radical (unpaired) electrons. The van der Waals surface area contributed by atoms with Crippen molar-refractivity contribution in [2.45, 2.75) is 6.04 Å². The van der Waals surface area contributed by atoms with Crippen LogP contribution in [0.5, 0.6) is 5.75 Å². The number of rotatable bonds is 9. The van der Waals surface area contributed by atoms with Crippen LogP contribution in [0, 0.1) is 5.82 Å². The molecule has 3 aromatic carbocycles. The molecule has 0 saturated carbocycles. The number of likely N-dealkylation sites (N-methyl/N-ethyl adjacent to an activating group) is 1. The van der Waals surface area contributed by atoms with Crippen molar-refractivity contribution in [2.24, 2.45) is 5.73 Å². The molecule has 5 N–H and O–H groups in total. The van der Waals surface area contributed by atoms with Gasteiger partial charge in [-0.25, -0.2) is 14.4 Å². The molecule has 10 heteroatoms. The molecule has 4 aromatic rings. The van der Waals surface area contributed by atoms with Gasteiger partial charge in [-0.15, -0.1) is 0 Å². The predicted molar refractivity (Wildman–Crippen MR) is 136 cm³/mol. The predicted octanol–water partition coefficient (Wildman–Crippen LogP) is 3.50. The molecular weight excluding hydrogens is 463 g/mol. The third-order valence-electron chi connectivity index (χ3n) is 5.62. The fraction of sp³-hybridized carbons (Fsp3) is 0.154. The van der Waals surface area contributed by atoms with Gasteiger partial charge < -0.3 is 26.4 Å². The Morgan fingerprint density at radius 1 is 1.06 bits per heavy atom. The lowest BCUT2D eigenvalue weighted by atomic mass is 10.0. The number of halogens is 1. The Morgan fingerprint density at radius 2 is 1.86 bits per heavy atom. The Kier molecular flexibility index (Phi) is 7.36. The Labute approximate surface area is 206 Å². The molecule has 1 heterocycles. The molecule has 0 fully saturated rings. The number of carbonyl (C=O) groups excluding carboxylic acids is 2. The number of anilines is 2. The van der Waals surface area contributed by atoms with E-state index in [1.54, 1.807) is 36.4 Å². The van der Waals surface area contributed by atoms with Gasteiger partial charge in [0.25, 0.3) is 11.8 Å². The molecule has 0 aliphatic heterocycles. The van der Waals surface area contributed by atoms with Crippen molar-refractivity contribution in [1.29, 1.82) is 0 Å². The molecule has 2 amide bonds. The molecule has 0 aliphatic carbocycles. The minimum absolute atomic E-state index is 0.0937. The van der Waals surface area contributed by atoms with E-state index in [2.05, 4.69) is 25.9 Å². The van der Waals surface area contributed by atoms with Crippen molar-refractivity contribution in [1.82, 2.24) is 15.3 Å². The summed E-state index contributed by atoms with van der Waals surface area (Å²) in [6, 6.07) is 16.2. The number of fused-ring (bicyclic) bond motifs is 1. The zero-order valence-corrected chi connectivity index (χ0v) is 19.7. The first-order valence-electron chi connectivity index (χ1n) is 11.1. The van der Waals surface area contributed by atoms with Crippen LogP contribution in [0.2, 0.25) is 0 Å². The summed E-state index contributed by atoms with van der Waals surface area (Å²) in [5.74, 6) is -0.978. The number of para-hydroxylation sites is 1. The van der Waals surface area contributed by atoms with E-state index < -0.39 is 17.6 Å². The highest BCUT2D eigenvalue weighted by Crippen LogP contribution is 2.27. The number of amides is 2. The van der Waals surface area contributed by atoms with Gasteiger partial charge in [-0.3, -0.25) is 9.59 Å². The Morgan fingerprint density at radius 3 is 2.58 bits per heavy atom. The van der Waals surface area contributed by atoms with Crippen LogP contribution >= 0.6 is 0 Å². The van der Waals surface area contributed by atoms with E-state index in [-0.39, 0.29) is 11.6 Å². The monoisotopic (exact) mass is 488 g/mol. The van der Waals surface area contributed by atoms with E-state index in [4.69, 9.17) is 10.5 Å². The van der Waals surface area contributed by atoms with E-state index in [1.165, 1.54) is 25.6 Å². The number of nitrogens with one attached hydrogen (secondary N) is 3. The van der Waals surface area contributed by atoms with Gasteiger partial charge >= 0.3 is 0 Å². The maximum atomic E-state index is 14.3. The number of primary amides is 1. The van der Waals surface area contributed by atoms with Gasteiger partial charge in [-0.2, -0.15) is 0 Å². The standard InChI is InChI=1S/C26H25FN6O3/c1-29-13-22(33-25-20-8-4-7-19(24(28)34)23(20)30-14-31-25)15-5-3-6-16(11-15)32-26(35)18-10-9-17(36-2)12-21(18)27/h3-12,14,22,29H,13H2,1-2H3,(H2,28,34)(H,32,35)(H,30,31,33). The number of hydrogen-bond donors (Lipinski definition) is 4. The summed E-state index contributed by atoms with van der Waals surface area (Å²) in [5.41, 5.74) is 7.50. The number of hydrogen-bond acceptors (Lipinski definition) is 7. The topological polar surface area (TPSA) is 131 Å². The third kappa shape index (κ3) is 5.23. The molecule has 1 aromatic heterocycles. The van der Waals surface area contributed by atoms with Gasteiger partial charge in [0.15, 0.2) is 0 Å². The lowest BCUT2D eigenvalue weighted by Gasteiger charge is -2.21. The molecule has 1 unspecified atom stereocenters. The number of carbonyl (C=O) groups is 2. The van der Waals surface area contributed by atoms with E-state index >= 15 is 0 Å². The summed E-state index contributed by atoms with van der Waals surface area (Å²) in [7, 11) is 3.24. The summed E-state index contributed by atoms with van der Waals surface area (Å²) in [6.07, 6.45) is 1.37. The molecule has 4 rings (SSSR count). The second kappa shape index (κ2) is 10.8. The lowest BCUT2D eigenvalue weighted by Crippen LogP contribution is -2.24. The highest BCUT2D eigenvalue weighted by atomic mass is 19.1. The van der Waals surface area contributed by atoms with E-state index in [0.29, 0.717) is 40.3 Å². The smallest absolute Gasteiger partial charge is 0.258 e. The Balaban J connectivity index is 1.61. The number of nitrogens with two attached hydrogens (primary N) is 1. The molecule has 0 saturated heterocycles. The van der Waals surface area contributed by atoms with E-state index in [9.17, 15) is 14.0 Å². The van der Waals surface area contributed by atoms with Crippen molar-refractivity contribution in [3.63, 3.8) is 0 Å². The van der Waals surface area contributed by atoms with Gasteiger partial charge in [-0.1, -0.05) is 18.2 Å². The molecular formula is C26H25FN6O3. The summed E-state index contributed by atoms with van der Waals surface area (Å²) in [4.78, 5) is 33.1. The summed E-state index contributed by atoms with van der Waals surface area (Å²) in [5, 5.41) is 9.92. The van der Waals surface area contributed by atoms with Crippen molar-refractivity contribution in [2.75, 3.05) is 31.3 Å². The van der Waals surface area contributed by atoms with Crippen LogP contribution in [0.1, 0.15) is 32.3 Å². The highest BCUT2D eigenvalue weighted by Gasteiger charge is 2.18. The van der Waals surface area contributed by atoms with Crippen molar-refractivity contribution in [3.05, 3.63) is 89.5 Å². The first-order chi connectivity index (χ1) is 17.4. The Hall–Kier alpha value is -4.57. The first kappa shape index (κ1) is 24.6. The number of nitrogens with zero attached hydrogens (tertiary/aromatic N) is 2. The second-order valence-corrected chi connectivity index (χ2v) is 7.97. The van der Waals surface area contributed by atoms with Crippen LogP contribution in [0.25, 0.3) is 10.9 Å². The summed E-state index contributed by atoms with van der Waals surface area (Å²) >= 11 is 0. The molecule has 1 atom stereocenters. The van der Waals surface area contributed by atoms with Crippen LogP contribution < -0.4 is 26.4 Å². The maximum absolute atomic E-state index is 14.3. The average Bonchev–Trinajstić information content (AvgIpc) is 2.88. The van der Waals surface area contributed by atoms with Crippen LogP contribution in [0.4, 0.5) is 15.9 Å². The zero-order chi connectivity index (χ0) is 25.7. The van der Waals surface area contributed by atoms with Gasteiger partial charge in [0.1, 0.15) is 23.7 Å². The minimum atomic E-state index is -0.677. The maximum Gasteiger partial charge on any atom is 0.258 e. The average molecular weight is 489 g/mol. The molecule has 0 aliphatic rings. The highest BCUT2D eigenvalue weighted by molar-refractivity contribution is 6.07. The fourth-order valence-corrected chi connectivity index (χ4v) is 3.86. The number of ether oxygens (including phenoxy) is 1. The lowest BCUT2D eigenvalue weighted by molar-refractivity contribution is 0.0998. The summed E-state index contributed by atoms with van der Waals surface area (Å²) < 4.78 is 19.3. The molecule has 184 valence electrons. The normalized spacial score (nSPS) is 11.6. The van der Waals surface area contributed by atoms with Gasteiger partial charge in [-0.05, 0) is 49.0 Å². The minimum Gasteiger partial charge on any atom is -0.497 e. The van der Waals surface area contributed by atoms with Crippen LogP contribution in [-0.4, -0.2) is 42.5 Å². The van der Waals surface area contributed by atoms with Crippen LogP contribution in [0.3, 0.4) is 0 Å². The van der Waals surface area contributed by atoms with Crippen molar-refractivity contribution in [3.8, 4) is 5.75 Å². The van der Waals surface area contributed by atoms with Gasteiger partial charge in [0.2, 0.25) is 0 Å². The van der Waals surface area contributed by atoms with Crippen molar-refractivity contribution >= 4 is 34.2 Å². The number of aromatic nitrogens is 2. The largest absolute Gasteiger partial charge is 0.497 e. The summed E-state index contributed by atoms with van der Waals surface area (Å²) in [6.45, 7) is 0.519. The van der Waals surface area contributed by atoms with E-state index in [1.807, 2.05) is 13.1 Å². The van der Waals surface area contributed by atoms with Crippen LogP contribution in [-0.2, 0) is 0 Å². The molecule has 0 spiro atoms. The van der Waals surface area contributed by atoms with Crippen molar-refractivity contribution < 1.29 is 18.7 Å². The SMILES string of the molecule is CNCC(Nc1ncnc2c(C(N)=O)cccc12)c1cccc(NC(=O)c2ccc(OC)cc2F)c1. The van der Waals surface area contributed by atoms with Gasteiger partial charge in [0.05, 0.1) is 29.8 Å². The fourth-order valence-electron chi connectivity index (χ4n) is 3.86. The Bertz CT molecular complexity index is 1430. The molecule has 0 bridgehead atoms.